The second-order valence-corrected chi connectivity index (χ2v) is 3.38. The molecule has 0 aromatic carbocycles. The van der Waals surface area contributed by atoms with Crippen LogP contribution in [0.3, 0.4) is 0 Å². The van der Waals surface area contributed by atoms with E-state index in [1.54, 1.807) is 6.26 Å². The highest BCUT2D eigenvalue weighted by molar-refractivity contribution is 5.16. The molecule has 2 heteroatoms. The molecule has 79 valence electrons. The molecule has 1 aromatic rings. The standard InChI is InChI=1S/C12H19O2/c1-3-5-8-13-10-11-7-9-14-12(11)6-4-2/h7,9H,2-6,8,10H2,1H3. The lowest BCUT2D eigenvalue weighted by Crippen LogP contribution is -1.96. The van der Waals surface area contributed by atoms with E-state index in [-0.39, 0.29) is 0 Å². The third-order valence-electron chi connectivity index (χ3n) is 2.14. The van der Waals surface area contributed by atoms with Gasteiger partial charge in [-0.05, 0) is 18.9 Å². The van der Waals surface area contributed by atoms with E-state index >= 15 is 0 Å². The average Bonchev–Trinajstić information content (AvgIpc) is 2.61. The minimum absolute atomic E-state index is 0.672. The topological polar surface area (TPSA) is 22.4 Å². The first-order valence-corrected chi connectivity index (χ1v) is 5.30. The zero-order valence-electron chi connectivity index (χ0n) is 8.92. The molecule has 0 spiro atoms. The van der Waals surface area contributed by atoms with Crippen LogP contribution in [0.4, 0.5) is 0 Å². The number of rotatable bonds is 7. The largest absolute Gasteiger partial charge is 0.469 e. The molecule has 0 bridgehead atoms. The summed E-state index contributed by atoms with van der Waals surface area (Å²) >= 11 is 0. The summed E-state index contributed by atoms with van der Waals surface area (Å²) in [6.45, 7) is 7.48. The molecule has 0 saturated heterocycles. The second kappa shape index (κ2) is 6.66. The van der Waals surface area contributed by atoms with Crippen molar-refractivity contribution in [3.05, 3.63) is 30.6 Å². The molecule has 1 heterocycles. The summed E-state index contributed by atoms with van der Waals surface area (Å²) in [5, 5.41) is 0. The summed E-state index contributed by atoms with van der Waals surface area (Å²) in [7, 11) is 0. The Balaban J connectivity index is 2.30. The Labute approximate surface area is 86.3 Å². The number of hydrogen-bond acceptors (Lipinski definition) is 2. The first-order valence-electron chi connectivity index (χ1n) is 5.30. The van der Waals surface area contributed by atoms with Crippen LogP contribution in [0.1, 0.15) is 37.5 Å². The van der Waals surface area contributed by atoms with Crippen molar-refractivity contribution >= 4 is 0 Å². The van der Waals surface area contributed by atoms with E-state index in [0.717, 1.165) is 31.6 Å². The van der Waals surface area contributed by atoms with Crippen molar-refractivity contribution in [2.24, 2.45) is 0 Å². The number of aryl methyl sites for hydroxylation is 1. The maximum atomic E-state index is 5.53. The summed E-state index contributed by atoms with van der Waals surface area (Å²) in [5.41, 5.74) is 1.17. The summed E-state index contributed by atoms with van der Waals surface area (Å²) in [6, 6.07) is 1.98. The molecule has 0 aliphatic rings. The van der Waals surface area contributed by atoms with Crippen LogP contribution in [0.2, 0.25) is 0 Å². The van der Waals surface area contributed by atoms with Crippen LogP contribution >= 0.6 is 0 Å². The zero-order valence-corrected chi connectivity index (χ0v) is 8.92. The fourth-order valence-electron chi connectivity index (χ4n) is 1.30. The predicted octanol–water partition coefficient (Wildman–Crippen LogP) is 3.36. The van der Waals surface area contributed by atoms with Crippen LogP contribution in [0, 0.1) is 6.92 Å². The molecule has 0 N–H and O–H groups in total. The highest BCUT2D eigenvalue weighted by Crippen LogP contribution is 2.13. The monoisotopic (exact) mass is 195 g/mol. The van der Waals surface area contributed by atoms with Crippen molar-refractivity contribution in [3.8, 4) is 0 Å². The van der Waals surface area contributed by atoms with Crippen LogP contribution in [-0.2, 0) is 17.8 Å². The van der Waals surface area contributed by atoms with E-state index in [1.807, 2.05) is 6.07 Å². The first kappa shape index (κ1) is 11.3. The molecule has 2 nitrogen and oxygen atoms in total. The number of ether oxygens (including phenoxy) is 1. The van der Waals surface area contributed by atoms with Gasteiger partial charge in [-0.3, -0.25) is 0 Å². The maximum absolute atomic E-state index is 5.53. The lowest BCUT2D eigenvalue weighted by molar-refractivity contribution is 0.117. The van der Waals surface area contributed by atoms with E-state index in [4.69, 9.17) is 9.15 Å². The molecular formula is C12H19O2. The lowest BCUT2D eigenvalue weighted by atomic mass is 10.2. The minimum Gasteiger partial charge on any atom is -0.469 e. The van der Waals surface area contributed by atoms with Crippen LogP contribution in [0.15, 0.2) is 16.7 Å². The van der Waals surface area contributed by atoms with E-state index in [0.29, 0.717) is 6.61 Å². The molecule has 0 atom stereocenters. The van der Waals surface area contributed by atoms with Gasteiger partial charge in [-0.1, -0.05) is 20.3 Å². The van der Waals surface area contributed by atoms with Gasteiger partial charge in [0.05, 0.1) is 12.9 Å². The zero-order chi connectivity index (χ0) is 10.2. The van der Waals surface area contributed by atoms with Crippen molar-refractivity contribution < 1.29 is 9.15 Å². The van der Waals surface area contributed by atoms with Gasteiger partial charge < -0.3 is 9.15 Å². The van der Waals surface area contributed by atoms with Crippen molar-refractivity contribution in [1.29, 1.82) is 0 Å². The van der Waals surface area contributed by atoms with Crippen LogP contribution in [-0.4, -0.2) is 6.61 Å². The summed E-state index contributed by atoms with van der Waals surface area (Å²) in [4.78, 5) is 0. The summed E-state index contributed by atoms with van der Waals surface area (Å²) < 4.78 is 10.9. The second-order valence-electron chi connectivity index (χ2n) is 3.38. The van der Waals surface area contributed by atoms with Gasteiger partial charge >= 0.3 is 0 Å². The highest BCUT2D eigenvalue weighted by atomic mass is 16.5. The van der Waals surface area contributed by atoms with Crippen LogP contribution < -0.4 is 0 Å². The molecule has 14 heavy (non-hydrogen) atoms. The average molecular weight is 195 g/mol. The van der Waals surface area contributed by atoms with Gasteiger partial charge in [-0.15, -0.1) is 0 Å². The fourth-order valence-corrected chi connectivity index (χ4v) is 1.30. The molecule has 1 radical (unpaired) electrons. The Morgan fingerprint density at radius 3 is 3.07 bits per heavy atom. The van der Waals surface area contributed by atoms with Crippen LogP contribution in [0.25, 0.3) is 0 Å². The van der Waals surface area contributed by atoms with Gasteiger partial charge in [-0.2, -0.15) is 0 Å². The highest BCUT2D eigenvalue weighted by Gasteiger charge is 2.04. The molecule has 1 aromatic heterocycles. The molecule has 0 aliphatic heterocycles. The lowest BCUT2D eigenvalue weighted by Gasteiger charge is -2.03. The van der Waals surface area contributed by atoms with Gasteiger partial charge in [0.25, 0.3) is 0 Å². The van der Waals surface area contributed by atoms with Gasteiger partial charge in [0, 0.05) is 18.6 Å². The molecule has 0 unspecified atom stereocenters. The minimum atomic E-state index is 0.672. The maximum Gasteiger partial charge on any atom is 0.109 e. The Kier molecular flexibility index (Phi) is 5.38. The number of unbranched alkanes of at least 4 members (excludes halogenated alkanes) is 1. The van der Waals surface area contributed by atoms with Gasteiger partial charge in [0.2, 0.25) is 0 Å². The number of furan rings is 1. The molecule has 0 fully saturated rings. The molecule has 0 aliphatic carbocycles. The molecular weight excluding hydrogens is 176 g/mol. The first-order chi connectivity index (χ1) is 6.88. The third-order valence-corrected chi connectivity index (χ3v) is 2.14. The molecule has 1 rings (SSSR count). The van der Waals surface area contributed by atoms with Crippen molar-refractivity contribution in [1.82, 2.24) is 0 Å². The molecule has 0 amide bonds. The van der Waals surface area contributed by atoms with Gasteiger partial charge in [0.15, 0.2) is 0 Å². The molecule has 0 saturated carbocycles. The SMILES string of the molecule is [CH2]CCc1occc1COCCCC. The quantitative estimate of drug-likeness (QED) is 0.622. The van der Waals surface area contributed by atoms with E-state index in [2.05, 4.69) is 13.8 Å². The van der Waals surface area contributed by atoms with Crippen molar-refractivity contribution in [2.45, 2.75) is 39.2 Å². The third kappa shape index (κ3) is 3.54. The van der Waals surface area contributed by atoms with Crippen molar-refractivity contribution in [3.63, 3.8) is 0 Å². The normalized spacial score (nSPS) is 10.7. The van der Waals surface area contributed by atoms with Crippen molar-refractivity contribution in [2.75, 3.05) is 6.61 Å². The Bertz CT molecular complexity index is 240. The smallest absolute Gasteiger partial charge is 0.109 e. The van der Waals surface area contributed by atoms with E-state index < -0.39 is 0 Å². The predicted molar refractivity (Wildman–Crippen MR) is 57.0 cm³/mol. The van der Waals surface area contributed by atoms with E-state index in [1.165, 1.54) is 12.0 Å². The van der Waals surface area contributed by atoms with Gasteiger partial charge in [0.1, 0.15) is 5.76 Å². The fraction of sp³-hybridized carbons (Fsp3) is 0.583. The van der Waals surface area contributed by atoms with Crippen LogP contribution in [0.5, 0.6) is 0 Å². The Morgan fingerprint density at radius 1 is 1.50 bits per heavy atom. The van der Waals surface area contributed by atoms with Gasteiger partial charge in [-0.25, -0.2) is 0 Å². The Hall–Kier alpha value is -0.760. The summed E-state index contributed by atoms with van der Waals surface area (Å²) in [5.74, 6) is 1.02. The summed E-state index contributed by atoms with van der Waals surface area (Å²) in [6.07, 6.45) is 5.80. The Morgan fingerprint density at radius 2 is 2.36 bits per heavy atom. The van der Waals surface area contributed by atoms with E-state index in [9.17, 15) is 0 Å². The number of hydrogen-bond donors (Lipinski definition) is 0.